The zero-order valence-corrected chi connectivity index (χ0v) is 25.3. The molecule has 0 radical (unpaired) electrons. The molecule has 42 heavy (non-hydrogen) atoms. The number of carboxylic acid groups (broad SMARTS) is 1. The maximum absolute atomic E-state index is 13.4. The number of nitrogens with zero attached hydrogens (tertiary/aromatic N) is 1. The monoisotopic (exact) mass is 579 g/mol. The van der Waals surface area contributed by atoms with Gasteiger partial charge in [0.05, 0.1) is 11.3 Å². The van der Waals surface area contributed by atoms with Gasteiger partial charge in [-0.15, -0.1) is 0 Å². The van der Waals surface area contributed by atoms with Crippen LogP contribution in [0, 0.1) is 5.92 Å². The lowest BCUT2D eigenvalue weighted by Crippen LogP contribution is -2.52. The lowest BCUT2D eigenvalue weighted by molar-refractivity contribution is -0.161. The van der Waals surface area contributed by atoms with Crippen molar-refractivity contribution in [1.29, 1.82) is 0 Å². The molecule has 0 aliphatic carbocycles. The Morgan fingerprint density at radius 3 is 2.17 bits per heavy atom. The molecule has 2 aromatic carbocycles. The van der Waals surface area contributed by atoms with E-state index in [9.17, 15) is 29.1 Å². The maximum atomic E-state index is 13.4. The summed E-state index contributed by atoms with van der Waals surface area (Å²) in [6.07, 6.45) is 3.18. The summed E-state index contributed by atoms with van der Waals surface area (Å²) in [6.45, 7) is 12.8. The number of rotatable bonds is 11. The molecule has 2 rings (SSSR count). The smallest absolute Gasteiger partial charge is 0.397 e. The normalized spacial score (nSPS) is 12.2. The van der Waals surface area contributed by atoms with Crippen molar-refractivity contribution in [1.82, 2.24) is 10.2 Å². The van der Waals surface area contributed by atoms with E-state index in [1.807, 2.05) is 58.0 Å². The van der Waals surface area contributed by atoms with Crippen molar-refractivity contribution >= 4 is 41.4 Å². The summed E-state index contributed by atoms with van der Waals surface area (Å²) in [6, 6.07) is 12.6. The topological polar surface area (TPSA) is 142 Å². The third kappa shape index (κ3) is 10.5. The van der Waals surface area contributed by atoms with Crippen LogP contribution in [0.15, 0.2) is 54.6 Å². The number of carbonyl (C=O) groups excluding carboxylic acids is 4. The third-order valence-electron chi connectivity index (χ3n) is 5.98. The molecular weight excluding hydrogens is 538 g/mol. The largest absolute Gasteiger partial charge is 0.478 e. The molecule has 1 unspecified atom stereocenters. The predicted molar refractivity (Wildman–Crippen MR) is 160 cm³/mol. The molecule has 0 spiro atoms. The fourth-order valence-corrected chi connectivity index (χ4v) is 4.17. The van der Waals surface area contributed by atoms with Crippen LogP contribution in [-0.2, 0) is 30.5 Å². The van der Waals surface area contributed by atoms with Gasteiger partial charge in [0, 0.05) is 18.7 Å². The molecular formula is C32H41N3O7. The Morgan fingerprint density at radius 2 is 1.62 bits per heavy atom. The van der Waals surface area contributed by atoms with Crippen LogP contribution in [0.2, 0.25) is 0 Å². The highest BCUT2D eigenvalue weighted by Gasteiger charge is 2.31. The van der Waals surface area contributed by atoms with Crippen molar-refractivity contribution in [3.63, 3.8) is 0 Å². The second kappa shape index (κ2) is 15.0. The minimum Gasteiger partial charge on any atom is -0.478 e. The molecule has 0 bridgehead atoms. The first kappa shape index (κ1) is 33.7. The number of hydrogen-bond acceptors (Lipinski definition) is 6. The summed E-state index contributed by atoms with van der Waals surface area (Å²) < 4.78 is 5.02. The molecule has 0 saturated carbocycles. The van der Waals surface area contributed by atoms with E-state index < -0.39 is 35.4 Å². The molecule has 3 amide bonds. The van der Waals surface area contributed by atoms with Gasteiger partial charge < -0.3 is 25.4 Å². The SMILES string of the molecule is CC(C)CC(C(=O)NCc1ccccc1)N(C(=O)/C=C/c1ccc(NC(=O)C(=O)OC(C)(C)C)c(C(=O)O)c1)C(C)C. The number of esters is 1. The van der Waals surface area contributed by atoms with E-state index in [1.54, 1.807) is 20.8 Å². The Kier molecular flexibility index (Phi) is 12.0. The van der Waals surface area contributed by atoms with E-state index >= 15 is 0 Å². The lowest BCUT2D eigenvalue weighted by atomic mass is 9.99. The second-order valence-electron chi connectivity index (χ2n) is 11.6. The molecule has 10 nitrogen and oxygen atoms in total. The van der Waals surface area contributed by atoms with Gasteiger partial charge in [0.15, 0.2) is 0 Å². The summed E-state index contributed by atoms with van der Waals surface area (Å²) in [4.78, 5) is 64.4. The van der Waals surface area contributed by atoms with E-state index in [0.717, 1.165) is 5.56 Å². The molecule has 1 atom stereocenters. The first-order valence-electron chi connectivity index (χ1n) is 13.8. The highest BCUT2D eigenvalue weighted by molar-refractivity contribution is 6.37. The van der Waals surface area contributed by atoms with E-state index in [0.29, 0.717) is 18.5 Å². The summed E-state index contributed by atoms with van der Waals surface area (Å²) in [5.74, 6) is -4.14. The highest BCUT2D eigenvalue weighted by atomic mass is 16.6. The van der Waals surface area contributed by atoms with Gasteiger partial charge in [-0.05, 0) is 76.3 Å². The number of benzene rings is 2. The molecule has 10 heteroatoms. The zero-order chi connectivity index (χ0) is 31.6. The van der Waals surface area contributed by atoms with E-state index in [4.69, 9.17) is 4.74 Å². The van der Waals surface area contributed by atoms with Gasteiger partial charge in [-0.25, -0.2) is 9.59 Å². The zero-order valence-electron chi connectivity index (χ0n) is 25.3. The third-order valence-corrected chi connectivity index (χ3v) is 5.98. The van der Waals surface area contributed by atoms with Crippen molar-refractivity contribution in [3.8, 4) is 0 Å². The number of amides is 3. The minimum absolute atomic E-state index is 0.0993. The number of anilines is 1. The molecule has 0 saturated heterocycles. The lowest BCUT2D eigenvalue weighted by Gasteiger charge is -2.34. The summed E-state index contributed by atoms with van der Waals surface area (Å²) in [5.41, 5.74) is 0.0364. The van der Waals surface area contributed by atoms with Crippen molar-refractivity contribution in [2.75, 3.05) is 5.32 Å². The number of carbonyl (C=O) groups is 5. The van der Waals surface area contributed by atoms with Crippen LogP contribution in [-0.4, -0.2) is 57.4 Å². The van der Waals surface area contributed by atoms with Crippen LogP contribution in [0.3, 0.4) is 0 Å². The standard InChI is InChI=1S/C32H41N3O7/c1-20(2)17-26(28(37)33-19-23-11-9-8-10-12-23)35(21(3)4)27(36)16-14-22-13-15-25(24(18-22)30(39)40)34-29(38)31(41)42-32(5,6)7/h8-16,18,20-21,26H,17,19H2,1-7H3,(H,33,37)(H,34,38)(H,39,40)/b16-14+. The number of nitrogens with one attached hydrogen (secondary N) is 2. The van der Waals surface area contributed by atoms with Crippen LogP contribution in [0.4, 0.5) is 5.69 Å². The van der Waals surface area contributed by atoms with Crippen LogP contribution in [0.1, 0.15) is 76.4 Å². The van der Waals surface area contributed by atoms with Gasteiger partial charge in [-0.1, -0.05) is 50.2 Å². The molecule has 0 heterocycles. The Labute approximate surface area is 247 Å². The van der Waals surface area contributed by atoms with Crippen molar-refractivity contribution in [3.05, 3.63) is 71.3 Å². The number of ether oxygens (including phenoxy) is 1. The first-order chi connectivity index (χ1) is 19.6. The number of hydrogen-bond donors (Lipinski definition) is 3. The second-order valence-corrected chi connectivity index (χ2v) is 11.6. The Morgan fingerprint density at radius 1 is 0.976 bits per heavy atom. The average molecular weight is 580 g/mol. The minimum atomic E-state index is -1.34. The fraction of sp³-hybridized carbons (Fsp3) is 0.406. The van der Waals surface area contributed by atoms with Crippen LogP contribution in [0.5, 0.6) is 0 Å². The summed E-state index contributed by atoms with van der Waals surface area (Å²) >= 11 is 0. The average Bonchev–Trinajstić information content (AvgIpc) is 2.89. The Bertz CT molecular complexity index is 1310. The van der Waals surface area contributed by atoms with Gasteiger partial charge in [0.2, 0.25) is 11.8 Å². The molecule has 0 aliphatic rings. The summed E-state index contributed by atoms with van der Waals surface area (Å²) in [5, 5.41) is 14.9. The van der Waals surface area contributed by atoms with Gasteiger partial charge in [0.1, 0.15) is 11.6 Å². The molecule has 0 aromatic heterocycles. The summed E-state index contributed by atoms with van der Waals surface area (Å²) in [7, 11) is 0. The van der Waals surface area contributed by atoms with Crippen LogP contribution < -0.4 is 10.6 Å². The van der Waals surface area contributed by atoms with Crippen molar-refractivity contribution in [2.24, 2.45) is 5.92 Å². The number of aromatic carboxylic acids is 1. The van der Waals surface area contributed by atoms with E-state index in [-0.39, 0.29) is 29.1 Å². The van der Waals surface area contributed by atoms with Gasteiger partial charge in [-0.2, -0.15) is 0 Å². The van der Waals surface area contributed by atoms with Gasteiger partial charge in [0.25, 0.3) is 0 Å². The first-order valence-corrected chi connectivity index (χ1v) is 13.8. The molecule has 0 fully saturated rings. The fourth-order valence-electron chi connectivity index (χ4n) is 4.17. The highest BCUT2D eigenvalue weighted by Crippen LogP contribution is 2.21. The van der Waals surface area contributed by atoms with Crippen molar-refractivity contribution in [2.45, 2.75) is 79.1 Å². The van der Waals surface area contributed by atoms with Gasteiger partial charge >= 0.3 is 17.8 Å². The Balaban J connectivity index is 2.26. The molecule has 2 aromatic rings. The molecule has 0 aliphatic heterocycles. The molecule has 3 N–H and O–H groups in total. The maximum Gasteiger partial charge on any atom is 0.397 e. The van der Waals surface area contributed by atoms with E-state index in [1.165, 1.54) is 35.3 Å². The Hall–Kier alpha value is -4.47. The van der Waals surface area contributed by atoms with E-state index in [2.05, 4.69) is 10.6 Å². The quantitative estimate of drug-likeness (QED) is 0.200. The predicted octanol–water partition coefficient (Wildman–Crippen LogP) is 4.65. The van der Waals surface area contributed by atoms with Crippen molar-refractivity contribution < 1.29 is 33.8 Å². The van der Waals surface area contributed by atoms with Crippen LogP contribution in [0.25, 0.3) is 6.08 Å². The van der Waals surface area contributed by atoms with Crippen LogP contribution >= 0.6 is 0 Å². The number of carboxylic acids is 1. The van der Waals surface area contributed by atoms with Gasteiger partial charge in [-0.3, -0.25) is 14.4 Å². The molecule has 226 valence electrons.